The van der Waals surface area contributed by atoms with Crippen molar-refractivity contribution in [1.82, 2.24) is 9.55 Å². The summed E-state index contributed by atoms with van der Waals surface area (Å²) in [5.74, 6) is 1.14. The number of benzene rings is 4. The molecule has 2 bridgehead atoms. The summed E-state index contributed by atoms with van der Waals surface area (Å²) in [4.78, 5) is 30.5. The lowest BCUT2D eigenvalue weighted by Crippen LogP contribution is -2.53. The predicted molar refractivity (Wildman–Crippen MR) is 189 cm³/mol. The highest BCUT2D eigenvalue weighted by Crippen LogP contribution is 2.48. The lowest BCUT2D eigenvalue weighted by atomic mass is 9.79. The van der Waals surface area contributed by atoms with Crippen LogP contribution in [-0.4, -0.2) is 65.8 Å². The summed E-state index contributed by atoms with van der Waals surface area (Å²) in [5, 5.41) is 14.6. The van der Waals surface area contributed by atoms with Crippen molar-refractivity contribution >= 4 is 11.7 Å². The number of aliphatic hydroxyl groups excluding tert-OH is 1. The van der Waals surface area contributed by atoms with Gasteiger partial charge in [-0.3, -0.25) is 9.36 Å². The van der Waals surface area contributed by atoms with E-state index in [2.05, 4.69) is 10.3 Å². The quantitative estimate of drug-likeness (QED) is 0.179. The van der Waals surface area contributed by atoms with Crippen molar-refractivity contribution in [2.24, 2.45) is 0 Å². The first-order valence-corrected chi connectivity index (χ1v) is 16.7. The number of fused-ring (bicyclic) bond motifs is 2. The van der Waals surface area contributed by atoms with Gasteiger partial charge in [-0.1, -0.05) is 72.8 Å². The molecule has 0 saturated carbocycles. The number of nitrogens with one attached hydrogen (secondary N) is 1. The fourth-order valence-corrected chi connectivity index (χ4v) is 6.94. The molecule has 2 N–H and O–H groups in total. The second-order valence-electron chi connectivity index (χ2n) is 12.7. The largest absolute Gasteiger partial charge is 0.497 e. The van der Waals surface area contributed by atoms with Crippen molar-refractivity contribution in [1.29, 1.82) is 0 Å². The van der Waals surface area contributed by atoms with E-state index in [1.165, 1.54) is 4.57 Å². The maximum atomic E-state index is 13.5. The van der Waals surface area contributed by atoms with Gasteiger partial charge >= 0.3 is 5.69 Å². The average Bonchev–Trinajstić information content (AvgIpc) is 3.30. The minimum Gasteiger partial charge on any atom is -0.497 e. The number of nitrogens with zero attached hydrogens (tertiary/aromatic N) is 2. The number of carbonyl (C=O) groups excluding carboxylic acids is 1. The number of rotatable bonds is 11. The minimum absolute atomic E-state index is 0.0517. The van der Waals surface area contributed by atoms with Crippen LogP contribution in [0, 0.1) is 6.92 Å². The number of carbonyl (C=O) groups is 1. The van der Waals surface area contributed by atoms with Crippen LogP contribution < -0.4 is 20.5 Å². The molecule has 51 heavy (non-hydrogen) atoms. The van der Waals surface area contributed by atoms with E-state index in [0.29, 0.717) is 29.0 Å². The van der Waals surface area contributed by atoms with Crippen molar-refractivity contribution in [3.8, 4) is 11.5 Å². The van der Waals surface area contributed by atoms with E-state index in [4.69, 9.17) is 23.7 Å². The molecule has 4 aromatic carbocycles. The Labute approximate surface area is 295 Å². The third-order valence-corrected chi connectivity index (χ3v) is 9.71. The molecule has 0 radical (unpaired) electrons. The van der Waals surface area contributed by atoms with Crippen LogP contribution in [0.15, 0.2) is 120 Å². The second-order valence-corrected chi connectivity index (χ2v) is 12.7. The Hall–Kier alpha value is -5.33. The Morgan fingerprint density at radius 2 is 1.47 bits per heavy atom. The summed E-state index contributed by atoms with van der Waals surface area (Å²) in [6.45, 7) is 1.96. The summed E-state index contributed by atoms with van der Waals surface area (Å²) >= 11 is 0. The highest BCUT2D eigenvalue weighted by molar-refractivity contribution is 6.04. The molecule has 5 aromatic rings. The molecular formula is C40H39N3O8. The van der Waals surface area contributed by atoms with Crippen LogP contribution >= 0.6 is 0 Å². The average molecular weight is 690 g/mol. The molecule has 4 atom stereocenters. The molecule has 7 rings (SSSR count). The topological polar surface area (TPSA) is 130 Å². The smallest absolute Gasteiger partial charge is 0.351 e. The van der Waals surface area contributed by atoms with Gasteiger partial charge in [0, 0.05) is 23.7 Å². The Kier molecular flexibility index (Phi) is 9.45. The van der Waals surface area contributed by atoms with Crippen molar-refractivity contribution in [3.05, 3.63) is 154 Å². The van der Waals surface area contributed by atoms with Crippen LogP contribution in [0.1, 0.15) is 45.3 Å². The number of aliphatic hydroxyl groups is 1. The lowest BCUT2D eigenvalue weighted by Gasteiger charge is -2.41. The van der Waals surface area contributed by atoms with E-state index in [9.17, 15) is 14.7 Å². The summed E-state index contributed by atoms with van der Waals surface area (Å²) < 4.78 is 32.1. The number of aromatic nitrogens is 2. The number of hydrogen-bond acceptors (Lipinski definition) is 9. The Bertz CT molecular complexity index is 1990. The number of amides is 1. The number of aryl methyl sites for hydroxylation is 1. The maximum absolute atomic E-state index is 13.5. The highest BCUT2D eigenvalue weighted by Gasteiger charge is 2.60. The molecule has 2 aliphatic rings. The number of hydrogen-bond donors (Lipinski definition) is 2. The standard InChI is InChI=1S/C40H39N3O8/c1-26-24-43(38(46)42-35(26)41-36(45)27-10-6-4-7-11-27)37-33-34(44)39(51-37,22-23-49-33)25-50-40(28-12-8-5-9-13-28,29-14-18-31(47-2)19-15-29)30-16-20-32(48-3)21-17-30/h4-21,24,33-34,37,44H,22-23,25H2,1-3H3,(H,41,42,45,46)/t33-,34+,37-,39-/m1/s1. The zero-order valence-electron chi connectivity index (χ0n) is 28.5. The van der Waals surface area contributed by atoms with Gasteiger partial charge in [-0.15, -0.1) is 0 Å². The summed E-state index contributed by atoms with van der Waals surface area (Å²) in [5.41, 5.74) is 0.422. The molecule has 1 aromatic heterocycles. The van der Waals surface area contributed by atoms with Gasteiger partial charge in [0.05, 0.1) is 27.4 Å². The van der Waals surface area contributed by atoms with Gasteiger partial charge in [-0.05, 0) is 60.0 Å². The van der Waals surface area contributed by atoms with Gasteiger partial charge in [-0.2, -0.15) is 4.98 Å². The van der Waals surface area contributed by atoms with Crippen LogP contribution in [0.4, 0.5) is 5.82 Å². The first-order valence-electron chi connectivity index (χ1n) is 16.7. The molecule has 11 nitrogen and oxygen atoms in total. The minimum atomic E-state index is -1.24. The summed E-state index contributed by atoms with van der Waals surface area (Å²) in [6.07, 6.45) is -1.14. The van der Waals surface area contributed by atoms with E-state index in [1.54, 1.807) is 51.6 Å². The van der Waals surface area contributed by atoms with Crippen molar-refractivity contribution in [3.63, 3.8) is 0 Å². The monoisotopic (exact) mass is 689 g/mol. The number of anilines is 1. The molecule has 3 heterocycles. The molecule has 0 aliphatic carbocycles. The fraction of sp³-hybridized carbons (Fsp3) is 0.275. The molecule has 2 fully saturated rings. The summed E-state index contributed by atoms with van der Waals surface area (Å²) in [7, 11) is 3.23. The van der Waals surface area contributed by atoms with Crippen molar-refractivity contribution in [2.45, 2.75) is 43.0 Å². The third kappa shape index (κ3) is 6.29. The van der Waals surface area contributed by atoms with Crippen LogP contribution in [-0.2, 0) is 19.8 Å². The third-order valence-electron chi connectivity index (χ3n) is 9.71. The molecular weight excluding hydrogens is 650 g/mol. The van der Waals surface area contributed by atoms with E-state index in [1.807, 2.05) is 84.9 Å². The molecule has 262 valence electrons. The van der Waals surface area contributed by atoms with Crippen LogP contribution in [0.25, 0.3) is 0 Å². The molecule has 2 aliphatic heterocycles. The van der Waals surface area contributed by atoms with Crippen LogP contribution in [0.5, 0.6) is 11.5 Å². The first-order chi connectivity index (χ1) is 24.8. The van der Waals surface area contributed by atoms with Crippen LogP contribution in [0.2, 0.25) is 0 Å². The summed E-state index contributed by atoms with van der Waals surface area (Å²) in [6, 6.07) is 33.9. The normalized spacial score (nSPS) is 21.2. The second kappa shape index (κ2) is 14.1. The van der Waals surface area contributed by atoms with Crippen molar-refractivity contribution < 1.29 is 33.6 Å². The Morgan fingerprint density at radius 1 is 0.902 bits per heavy atom. The highest BCUT2D eigenvalue weighted by atomic mass is 16.6. The Balaban J connectivity index is 1.24. The van der Waals surface area contributed by atoms with Crippen molar-refractivity contribution in [2.75, 3.05) is 32.8 Å². The van der Waals surface area contributed by atoms with Crippen LogP contribution in [0.3, 0.4) is 0 Å². The molecule has 11 heteroatoms. The van der Waals surface area contributed by atoms with E-state index < -0.39 is 35.3 Å². The van der Waals surface area contributed by atoms with E-state index >= 15 is 0 Å². The fourth-order valence-electron chi connectivity index (χ4n) is 6.94. The molecule has 0 spiro atoms. The number of ether oxygens (including phenoxy) is 5. The molecule has 0 unspecified atom stereocenters. The van der Waals surface area contributed by atoms with Gasteiger partial charge in [-0.25, -0.2) is 4.79 Å². The molecule has 2 saturated heterocycles. The van der Waals surface area contributed by atoms with Gasteiger partial charge < -0.3 is 34.1 Å². The van der Waals surface area contributed by atoms with E-state index in [-0.39, 0.29) is 24.9 Å². The van der Waals surface area contributed by atoms with Gasteiger partial charge in [0.15, 0.2) is 6.23 Å². The zero-order chi connectivity index (χ0) is 35.6. The predicted octanol–water partition coefficient (Wildman–Crippen LogP) is 5.25. The van der Waals surface area contributed by atoms with Gasteiger partial charge in [0.25, 0.3) is 5.91 Å². The van der Waals surface area contributed by atoms with E-state index in [0.717, 1.165) is 16.7 Å². The number of methoxy groups -OCH3 is 2. The Morgan fingerprint density at radius 3 is 2.06 bits per heavy atom. The lowest BCUT2D eigenvalue weighted by molar-refractivity contribution is -0.173. The molecule has 1 amide bonds. The first kappa shape index (κ1) is 34.1. The zero-order valence-corrected chi connectivity index (χ0v) is 28.5. The maximum Gasteiger partial charge on any atom is 0.351 e. The van der Waals surface area contributed by atoms with Gasteiger partial charge in [0.2, 0.25) is 0 Å². The van der Waals surface area contributed by atoms with Gasteiger partial charge in [0.1, 0.15) is 40.7 Å². The SMILES string of the molecule is COc1ccc(C(OC[C@@]23CCO[C@@H]([C@H](n4cc(C)c(NC(=O)c5ccccc5)nc4=O)O2)[C@@H]3O)(c2ccccc2)c2ccc(OC)cc2)cc1.